The molecular weight excluding hydrogens is 733 g/mol. The summed E-state index contributed by atoms with van der Waals surface area (Å²) < 4.78 is 40.7. The van der Waals surface area contributed by atoms with Crippen LogP contribution >= 0.6 is 0 Å². The molecule has 254 valence electrons. The molecule has 8 nitrogen and oxygen atoms in total. The van der Waals surface area contributed by atoms with E-state index in [-0.39, 0.29) is 63.4 Å². The smallest absolute Gasteiger partial charge is 0.416 e. The third kappa shape index (κ3) is 9.48. The second-order valence-corrected chi connectivity index (χ2v) is 13.2. The molecule has 2 aromatic rings. The number of fused-ring (bicyclic) bond motifs is 2. The maximum atomic E-state index is 13.1. The highest BCUT2D eigenvalue weighted by Crippen LogP contribution is 2.33. The summed E-state index contributed by atoms with van der Waals surface area (Å²) in [6.45, 7) is 4.15. The van der Waals surface area contributed by atoms with E-state index in [9.17, 15) is 32.3 Å². The van der Waals surface area contributed by atoms with Crippen LogP contribution in [0.1, 0.15) is 85.5 Å². The molecule has 0 N–H and O–H groups in total. The summed E-state index contributed by atoms with van der Waals surface area (Å²) >= 11 is 0. The highest BCUT2D eigenvalue weighted by atomic mass is 79.9. The van der Waals surface area contributed by atoms with Crippen LogP contribution in [0.4, 0.5) is 13.2 Å². The molecule has 0 radical (unpaired) electrons. The van der Waals surface area contributed by atoms with Gasteiger partial charge in [0.05, 0.1) is 82.2 Å². The minimum Gasteiger partial charge on any atom is -1.00 e. The molecule has 0 saturated carbocycles. The first-order valence-electron chi connectivity index (χ1n) is 15.3. The van der Waals surface area contributed by atoms with Gasteiger partial charge in [-0.1, -0.05) is 12.1 Å². The third-order valence-corrected chi connectivity index (χ3v) is 8.74. The summed E-state index contributed by atoms with van der Waals surface area (Å²) in [5, 5.41) is 0. The molecule has 13 heteroatoms. The number of rotatable bonds is 15. The fraction of sp³-hybridized carbons (Fsp3) is 0.515. The summed E-state index contributed by atoms with van der Waals surface area (Å²) in [6, 6.07) is 9.66. The van der Waals surface area contributed by atoms with Gasteiger partial charge in [-0.25, -0.2) is 0 Å². The Bertz CT molecular complexity index is 1400. The molecule has 2 heterocycles. The van der Waals surface area contributed by atoms with Gasteiger partial charge in [-0.2, -0.15) is 13.2 Å². The zero-order valence-electron chi connectivity index (χ0n) is 26.8. The SMILES string of the molecule is C[N+](C)(CCCCCC[N+](C)(C)CCCN1C(=O)c2ccc(C(F)(F)F)cc2C1=O)CCCN1C(=O)c2ccccc2C1=O.[Br-].[Br-]. The van der Waals surface area contributed by atoms with Gasteiger partial charge in [0.15, 0.2) is 0 Å². The Kier molecular flexibility index (Phi) is 13.8. The van der Waals surface area contributed by atoms with Gasteiger partial charge < -0.3 is 42.9 Å². The fourth-order valence-corrected chi connectivity index (χ4v) is 6.08. The van der Waals surface area contributed by atoms with Crippen molar-refractivity contribution in [3.63, 3.8) is 0 Å². The summed E-state index contributed by atoms with van der Waals surface area (Å²) in [7, 11) is 8.55. The Labute approximate surface area is 290 Å². The standard InChI is InChI=1S/C33H43F3N4O4.2BrH/c1-39(2,21-11-17-37-29(41)25-13-7-8-14-26(25)30(37)42)19-9-5-6-10-20-40(3,4)22-12-18-38-31(43)27-16-15-24(33(34,35)36)23-28(27)32(38)44;;/h7-8,13-16,23H,5-6,9-12,17-22H2,1-4H3;2*1H/q+2;;/p-2. The number of amides is 4. The van der Waals surface area contributed by atoms with Crippen LogP contribution in [0.2, 0.25) is 0 Å². The zero-order valence-corrected chi connectivity index (χ0v) is 30.0. The number of imide groups is 2. The number of carbonyl (C=O) groups excluding carboxylic acids is 4. The van der Waals surface area contributed by atoms with Crippen molar-refractivity contribution in [2.24, 2.45) is 0 Å². The van der Waals surface area contributed by atoms with Crippen molar-refractivity contribution < 1.29 is 75.3 Å². The molecule has 0 saturated heterocycles. The first-order chi connectivity index (χ1) is 20.6. The van der Waals surface area contributed by atoms with Crippen molar-refractivity contribution in [3.05, 3.63) is 70.3 Å². The maximum absolute atomic E-state index is 13.1. The van der Waals surface area contributed by atoms with Crippen molar-refractivity contribution in [1.82, 2.24) is 9.80 Å². The molecule has 4 rings (SSSR count). The van der Waals surface area contributed by atoms with Crippen LogP contribution in [0.3, 0.4) is 0 Å². The summed E-state index contributed by atoms with van der Waals surface area (Å²) in [5.74, 6) is -1.60. The van der Waals surface area contributed by atoms with Crippen molar-refractivity contribution in [1.29, 1.82) is 0 Å². The van der Waals surface area contributed by atoms with E-state index in [1.807, 2.05) is 0 Å². The predicted molar refractivity (Wildman–Crippen MR) is 160 cm³/mol. The van der Waals surface area contributed by atoms with Crippen molar-refractivity contribution >= 4 is 23.6 Å². The van der Waals surface area contributed by atoms with Gasteiger partial charge in [-0.05, 0) is 56.0 Å². The minimum absolute atomic E-state index is 0. The predicted octanol–water partition coefficient (Wildman–Crippen LogP) is -0.901. The number of halogens is 5. The average molecular weight is 777 g/mol. The quantitative estimate of drug-likeness (QED) is 0.134. The number of hydrogen-bond donors (Lipinski definition) is 0. The first kappa shape index (κ1) is 39.6. The van der Waals surface area contributed by atoms with Gasteiger partial charge in [0.2, 0.25) is 0 Å². The van der Waals surface area contributed by atoms with Crippen LogP contribution in [-0.4, -0.2) is 110 Å². The molecule has 0 aliphatic carbocycles. The van der Waals surface area contributed by atoms with E-state index in [0.29, 0.717) is 24.1 Å². The Morgan fingerprint density at radius 1 is 0.543 bits per heavy atom. The number of nitrogens with zero attached hydrogens (tertiary/aromatic N) is 4. The van der Waals surface area contributed by atoms with E-state index in [4.69, 9.17) is 0 Å². The van der Waals surface area contributed by atoms with E-state index in [0.717, 1.165) is 90.3 Å². The van der Waals surface area contributed by atoms with Gasteiger partial charge in [-0.15, -0.1) is 0 Å². The monoisotopic (exact) mass is 774 g/mol. The number of hydrogen-bond acceptors (Lipinski definition) is 4. The molecule has 46 heavy (non-hydrogen) atoms. The molecule has 0 bridgehead atoms. The lowest BCUT2D eigenvalue weighted by atomic mass is 10.1. The van der Waals surface area contributed by atoms with Crippen LogP contribution in [0, 0.1) is 0 Å². The number of alkyl halides is 3. The van der Waals surface area contributed by atoms with Crippen molar-refractivity contribution in [2.45, 2.75) is 44.7 Å². The summed E-state index contributed by atoms with van der Waals surface area (Å²) in [6.07, 6.45) is 1.02. The lowest BCUT2D eigenvalue weighted by Gasteiger charge is -2.31. The van der Waals surface area contributed by atoms with E-state index < -0.39 is 23.6 Å². The van der Waals surface area contributed by atoms with Crippen LogP contribution in [0.5, 0.6) is 0 Å². The normalized spacial score (nSPS) is 14.8. The minimum atomic E-state index is -4.57. The van der Waals surface area contributed by atoms with Gasteiger partial charge in [0, 0.05) is 25.9 Å². The van der Waals surface area contributed by atoms with Gasteiger partial charge in [0.1, 0.15) is 0 Å². The molecule has 4 amide bonds. The molecule has 0 unspecified atom stereocenters. The molecule has 2 aliphatic heterocycles. The maximum Gasteiger partial charge on any atom is 0.416 e. The molecule has 0 spiro atoms. The van der Waals surface area contributed by atoms with E-state index in [1.54, 1.807) is 24.3 Å². The van der Waals surface area contributed by atoms with Gasteiger partial charge in [-0.3, -0.25) is 29.0 Å². The average Bonchev–Trinajstić information content (AvgIpc) is 3.34. The Hall–Kier alpha value is -2.61. The van der Waals surface area contributed by atoms with Crippen LogP contribution in [-0.2, 0) is 6.18 Å². The van der Waals surface area contributed by atoms with E-state index in [1.165, 1.54) is 4.90 Å². The zero-order chi connectivity index (χ0) is 32.3. The van der Waals surface area contributed by atoms with Crippen LogP contribution in [0.25, 0.3) is 0 Å². The molecule has 0 fully saturated rings. The number of unbranched alkanes of at least 4 members (excludes halogenated alkanes) is 3. The van der Waals surface area contributed by atoms with Crippen LogP contribution < -0.4 is 34.0 Å². The molecule has 0 atom stereocenters. The Morgan fingerprint density at radius 3 is 1.33 bits per heavy atom. The van der Waals surface area contributed by atoms with E-state index in [2.05, 4.69) is 28.2 Å². The van der Waals surface area contributed by atoms with Crippen LogP contribution in [0.15, 0.2) is 42.5 Å². The Balaban J connectivity index is 0.00000368. The van der Waals surface area contributed by atoms with Crippen molar-refractivity contribution in [2.75, 3.05) is 67.5 Å². The van der Waals surface area contributed by atoms with Crippen molar-refractivity contribution in [3.8, 4) is 0 Å². The Morgan fingerprint density at radius 2 is 0.913 bits per heavy atom. The lowest BCUT2D eigenvalue weighted by molar-refractivity contribution is -0.891. The molecule has 2 aliphatic rings. The first-order valence-corrected chi connectivity index (χ1v) is 15.3. The highest BCUT2D eigenvalue weighted by molar-refractivity contribution is 6.22. The second kappa shape index (κ2) is 16.0. The van der Waals surface area contributed by atoms with Gasteiger partial charge >= 0.3 is 6.18 Å². The fourth-order valence-electron chi connectivity index (χ4n) is 6.08. The largest absolute Gasteiger partial charge is 1.00 e. The molecular formula is C33H43Br2F3N4O4. The number of benzene rings is 2. The topological polar surface area (TPSA) is 74.8 Å². The lowest BCUT2D eigenvalue weighted by Crippen LogP contribution is -3.00. The highest BCUT2D eigenvalue weighted by Gasteiger charge is 2.39. The summed E-state index contributed by atoms with van der Waals surface area (Å²) in [5.41, 5.74) is -0.104. The van der Waals surface area contributed by atoms with E-state index >= 15 is 0 Å². The second-order valence-electron chi connectivity index (χ2n) is 13.2. The molecule has 0 aromatic heterocycles. The van der Waals surface area contributed by atoms with Gasteiger partial charge in [0.25, 0.3) is 23.6 Å². The number of carbonyl (C=O) groups is 4. The summed E-state index contributed by atoms with van der Waals surface area (Å²) in [4.78, 5) is 52.9. The number of quaternary nitrogens is 2. The third-order valence-electron chi connectivity index (χ3n) is 8.74. The molecule has 2 aromatic carbocycles.